The van der Waals surface area contributed by atoms with E-state index in [4.69, 9.17) is 14.5 Å². The number of imidazole rings is 1. The molecule has 6 nitrogen and oxygen atoms in total. The highest BCUT2D eigenvalue weighted by molar-refractivity contribution is 5.96. The Kier molecular flexibility index (Phi) is 5.07. The Balaban J connectivity index is 1.44. The molecule has 1 saturated heterocycles. The second kappa shape index (κ2) is 8.01. The summed E-state index contributed by atoms with van der Waals surface area (Å²) in [6.07, 6.45) is 3.97. The highest BCUT2D eigenvalue weighted by Gasteiger charge is 2.35. The van der Waals surface area contributed by atoms with Gasteiger partial charge in [0, 0.05) is 37.2 Å². The first-order valence-electron chi connectivity index (χ1n) is 10.9. The molecule has 30 heavy (non-hydrogen) atoms. The van der Waals surface area contributed by atoms with Gasteiger partial charge in [-0.05, 0) is 30.7 Å². The van der Waals surface area contributed by atoms with Crippen LogP contribution in [0.5, 0.6) is 11.5 Å². The van der Waals surface area contributed by atoms with Crippen LogP contribution < -0.4 is 14.4 Å². The number of fused-ring (bicyclic) bond motifs is 2. The molecule has 6 heteroatoms. The second-order valence-corrected chi connectivity index (χ2v) is 8.05. The fraction of sp³-hybridized carbons (Fsp3) is 0.417. The molecule has 3 heterocycles. The number of benzene rings is 2. The fourth-order valence-corrected chi connectivity index (χ4v) is 4.49. The molecule has 0 spiro atoms. The topological polar surface area (TPSA) is 56.6 Å². The van der Waals surface area contributed by atoms with Crippen molar-refractivity contribution in [2.24, 2.45) is 0 Å². The number of unbranched alkanes of at least 4 members (excludes halogenated alkanes) is 2. The van der Waals surface area contributed by atoms with Crippen LogP contribution in [0.1, 0.15) is 44.3 Å². The molecule has 156 valence electrons. The van der Waals surface area contributed by atoms with Gasteiger partial charge >= 0.3 is 0 Å². The standard InChI is InChI=1S/C24H27N3O3/c1-2-3-6-11-26-20-8-5-4-7-19(20)25-24(26)17-14-23(28)27(16-17)18-9-10-21-22(15-18)30-13-12-29-21/h4-5,7-10,15,17H,2-3,6,11-14,16H2,1H3. The van der Waals surface area contributed by atoms with Gasteiger partial charge in [0.1, 0.15) is 19.0 Å². The maximum atomic E-state index is 12.9. The molecule has 0 bridgehead atoms. The monoisotopic (exact) mass is 405 g/mol. The van der Waals surface area contributed by atoms with Crippen molar-refractivity contribution >= 4 is 22.6 Å². The van der Waals surface area contributed by atoms with Gasteiger partial charge in [-0.1, -0.05) is 31.9 Å². The molecule has 0 N–H and O–H groups in total. The smallest absolute Gasteiger partial charge is 0.227 e. The summed E-state index contributed by atoms with van der Waals surface area (Å²) >= 11 is 0. The fourth-order valence-electron chi connectivity index (χ4n) is 4.49. The molecular formula is C24H27N3O3. The van der Waals surface area contributed by atoms with E-state index in [2.05, 4.69) is 29.7 Å². The Bertz CT molecular complexity index is 1070. The highest BCUT2D eigenvalue weighted by Crippen LogP contribution is 2.38. The van der Waals surface area contributed by atoms with E-state index in [1.54, 1.807) is 0 Å². The quantitative estimate of drug-likeness (QED) is 0.566. The van der Waals surface area contributed by atoms with Crippen molar-refractivity contribution in [1.29, 1.82) is 0 Å². The molecule has 5 rings (SSSR count). The van der Waals surface area contributed by atoms with E-state index in [-0.39, 0.29) is 11.8 Å². The lowest BCUT2D eigenvalue weighted by Gasteiger charge is -2.22. The lowest BCUT2D eigenvalue weighted by molar-refractivity contribution is -0.117. The van der Waals surface area contributed by atoms with Crippen molar-refractivity contribution in [1.82, 2.24) is 9.55 Å². The molecule has 0 aliphatic carbocycles. The summed E-state index contributed by atoms with van der Waals surface area (Å²) in [5.74, 6) is 2.69. The number of hydrogen-bond donors (Lipinski definition) is 0. The van der Waals surface area contributed by atoms with Crippen LogP contribution in [0.25, 0.3) is 11.0 Å². The van der Waals surface area contributed by atoms with Crippen LogP contribution in [-0.4, -0.2) is 35.2 Å². The minimum Gasteiger partial charge on any atom is -0.486 e. The molecule has 2 aliphatic rings. The van der Waals surface area contributed by atoms with E-state index >= 15 is 0 Å². The maximum absolute atomic E-state index is 12.9. The zero-order valence-electron chi connectivity index (χ0n) is 17.3. The van der Waals surface area contributed by atoms with Crippen LogP contribution >= 0.6 is 0 Å². The van der Waals surface area contributed by atoms with E-state index in [9.17, 15) is 4.79 Å². The molecule has 1 atom stereocenters. The third-order valence-electron chi connectivity index (χ3n) is 6.00. The SMILES string of the molecule is CCCCCn1c(C2CC(=O)N(c3ccc4c(c3)OCCO4)C2)nc2ccccc21. The number of carbonyl (C=O) groups is 1. The van der Waals surface area contributed by atoms with E-state index in [0.717, 1.165) is 41.3 Å². The van der Waals surface area contributed by atoms with Crippen molar-refractivity contribution in [3.05, 3.63) is 48.3 Å². The number of aromatic nitrogens is 2. The van der Waals surface area contributed by atoms with Gasteiger partial charge in [0.25, 0.3) is 0 Å². The zero-order chi connectivity index (χ0) is 20.5. The maximum Gasteiger partial charge on any atom is 0.227 e. The summed E-state index contributed by atoms with van der Waals surface area (Å²) in [6.45, 7) is 4.89. The first-order valence-corrected chi connectivity index (χ1v) is 10.9. The summed E-state index contributed by atoms with van der Waals surface area (Å²) in [5.41, 5.74) is 3.03. The van der Waals surface area contributed by atoms with E-state index in [0.29, 0.717) is 31.9 Å². The molecule has 1 aromatic heterocycles. The number of carbonyl (C=O) groups excluding carboxylic acids is 1. The number of nitrogens with zero attached hydrogens (tertiary/aromatic N) is 3. The van der Waals surface area contributed by atoms with Crippen LogP contribution in [0.2, 0.25) is 0 Å². The zero-order valence-corrected chi connectivity index (χ0v) is 17.3. The van der Waals surface area contributed by atoms with Gasteiger partial charge in [0.05, 0.1) is 11.0 Å². The average molecular weight is 405 g/mol. The molecule has 2 aromatic carbocycles. The van der Waals surface area contributed by atoms with E-state index < -0.39 is 0 Å². The molecule has 0 saturated carbocycles. The number of hydrogen-bond acceptors (Lipinski definition) is 4. The van der Waals surface area contributed by atoms with Gasteiger partial charge in [0.15, 0.2) is 11.5 Å². The Labute approximate surface area is 176 Å². The Morgan fingerprint density at radius 2 is 1.90 bits per heavy atom. The lowest BCUT2D eigenvalue weighted by atomic mass is 10.1. The van der Waals surface area contributed by atoms with E-state index in [1.165, 1.54) is 12.8 Å². The molecule has 1 amide bonds. The minimum absolute atomic E-state index is 0.0831. The number of rotatable bonds is 6. The van der Waals surface area contributed by atoms with Crippen molar-refractivity contribution < 1.29 is 14.3 Å². The summed E-state index contributed by atoms with van der Waals surface area (Å²) in [5, 5.41) is 0. The van der Waals surface area contributed by atoms with Crippen molar-refractivity contribution in [3.8, 4) is 11.5 Å². The number of aryl methyl sites for hydroxylation is 1. The summed E-state index contributed by atoms with van der Waals surface area (Å²) < 4.78 is 13.6. The van der Waals surface area contributed by atoms with Gasteiger partial charge in [-0.25, -0.2) is 4.98 Å². The molecule has 1 fully saturated rings. The van der Waals surface area contributed by atoms with E-state index in [1.807, 2.05) is 29.2 Å². The molecular weight excluding hydrogens is 378 g/mol. The van der Waals surface area contributed by atoms with Crippen LogP contribution in [-0.2, 0) is 11.3 Å². The first-order chi connectivity index (χ1) is 14.7. The minimum atomic E-state index is 0.0831. The molecule has 2 aliphatic heterocycles. The normalized spacial score (nSPS) is 18.4. The van der Waals surface area contributed by atoms with Gasteiger partial charge in [-0.3, -0.25) is 4.79 Å². The highest BCUT2D eigenvalue weighted by atomic mass is 16.6. The Morgan fingerprint density at radius 1 is 1.07 bits per heavy atom. The third kappa shape index (κ3) is 3.40. The average Bonchev–Trinajstić information content (AvgIpc) is 3.34. The van der Waals surface area contributed by atoms with Gasteiger partial charge in [-0.2, -0.15) is 0 Å². The predicted molar refractivity (Wildman–Crippen MR) is 116 cm³/mol. The van der Waals surface area contributed by atoms with Gasteiger partial charge in [0.2, 0.25) is 5.91 Å². The molecule has 0 radical (unpaired) electrons. The molecule has 3 aromatic rings. The Morgan fingerprint density at radius 3 is 2.77 bits per heavy atom. The number of anilines is 1. The third-order valence-corrected chi connectivity index (χ3v) is 6.00. The number of para-hydroxylation sites is 2. The second-order valence-electron chi connectivity index (χ2n) is 8.05. The van der Waals surface area contributed by atoms with Crippen LogP contribution in [0.4, 0.5) is 5.69 Å². The van der Waals surface area contributed by atoms with Crippen molar-refractivity contribution in [3.63, 3.8) is 0 Å². The number of ether oxygens (including phenoxy) is 2. The Hall–Kier alpha value is -3.02. The van der Waals surface area contributed by atoms with Crippen molar-refractivity contribution in [2.75, 3.05) is 24.7 Å². The summed E-state index contributed by atoms with van der Waals surface area (Å²) in [4.78, 5) is 19.7. The molecule has 1 unspecified atom stereocenters. The van der Waals surface area contributed by atoms with Crippen LogP contribution in [0.15, 0.2) is 42.5 Å². The largest absolute Gasteiger partial charge is 0.486 e. The predicted octanol–water partition coefficient (Wildman–Crippen LogP) is 4.52. The first kappa shape index (κ1) is 19.0. The summed E-state index contributed by atoms with van der Waals surface area (Å²) in [6, 6.07) is 14.0. The van der Waals surface area contributed by atoms with Crippen LogP contribution in [0, 0.1) is 0 Å². The van der Waals surface area contributed by atoms with Crippen LogP contribution in [0.3, 0.4) is 0 Å². The lowest BCUT2D eigenvalue weighted by Crippen LogP contribution is -2.25. The van der Waals surface area contributed by atoms with Crippen molar-refractivity contribution in [2.45, 2.75) is 45.1 Å². The van der Waals surface area contributed by atoms with Gasteiger partial charge < -0.3 is 18.9 Å². The number of amides is 1. The van der Waals surface area contributed by atoms with Gasteiger partial charge in [-0.15, -0.1) is 0 Å². The summed E-state index contributed by atoms with van der Waals surface area (Å²) in [7, 11) is 0.